The SMILES string of the molecule is Cc1cccc(COc2cc(C)n(-c3ccnc(-c4ccnc(C(C)C)n4)c3)c(=O)c2Cl)n1. The lowest BCUT2D eigenvalue weighted by Crippen LogP contribution is -2.22. The summed E-state index contributed by atoms with van der Waals surface area (Å²) in [5.74, 6) is 1.26. The van der Waals surface area contributed by atoms with Crippen molar-refractivity contribution in [2.24, 2.45) is 0 Å². The van der Waals surface area contributed by atoms with Gasteiger partial charge in [0.15, 0.2) is 0 Å². The summed E-state index contributed by atoms with van der Waals surface area (Å²) in [6, 6.07) is 12.8. The number of hydrogen-bond acceptors (Lipinski definition) is 6. The molecule has 0 spiro atoms. The molecule has 4 aromatic rings. The average molecular weight is 462 g/mol. The minimum absolute atomic E-state index is 0.00995. The van der Waals surface area contributed by atoms with Crippen LogP contribution in [0.2, 0.25) is 5.02 Å². The van der Waals surface area contributed by atoms with Crippen molar-refractivity contribution in [1.29, 1.82) is 0 Å². The molecular formula is C25H24ClN5O2. The lowest BCUT2D eigenvalue weighted by atomic mass is 10.2. The Kier molecular flexibility index (Phi) is 6.51. The molecule has 0 N–H and O–H groups in total. The number of ether oxygens (including phenoxy) is 1. The van der Waals surface area contributed by atoms with Crippen molar-refractivity contribution in [2.75, 3.05) is 0 Å². The summed E-state index contributed by atoms with van der Waals surface area (Å²) in [5.41, 5.74) is 3.94. The van der Waals surface area contributed by atoms with Gasteiger partial charge in [0.05, 0.1) is 22.8 Å². The molecule has 33 heavy (non-hydrogen) atoms. The van der Waals surface area contributed by atoms with Gasteiger partial charge in [0.25, 0.3) is 5.56 Å². The van der Waals surface area contributed by atoms with Gasteiger partial charge in [-0.25, -0.2) is 9.97 Å². The van der Waals surface area contributed by atoms with Gasteiger partial charge in [0.2, 0.25) is 0 Å². The predicted octanol–water partition coefficient (Wildman–Crippen LogP) is 5.06. The summed E-state index contributed by atoms with van der Waals surface area (Å²) >= 11 is 6.42. The predicted molar refractivity (Wildman–Crippen MR) is 128 cm³/mol. The van der Waals surface area contributed by atoms with Crippen LogP contribution in [0.1, 0.15) is 42.7 Å². The zero-order chi connectivity index (χ0) is 23.5. The van der Waals surface area contributed by atoms with Gasteiger partial charge in [-0.3, -0.25) is 19.3 Å². The first-order chi connectivity index (χ1) is 15.8. The molecule has 0 amide bonds. The van der Waals surface area contributed by atoms with Crippen molar-refractivity contribution in [1.82, 2.24) is 24.5 Å². The van der Waals surface area contributed by atoms with Gasteiger partial charge in [-0.15, -0.1) is 0 Å². The van der Waals surface area contributed by atoms with Crippen molar-refractivity contribution >= 4 is 11.6 Å². The number of hydrogen-bond donors (Lipinski definition) is 0. The van der Waals surface area contributed by atoms with Crippen LogP contribution in [0.25, 0.3) is 17.1 Å². The minimum Gasteiger partial charge on any atom is -0.485 e. The van der Waals surface area contributed by atoms with Crippen LogP contribution in [0.15, 0.2) is 59.7 Å². The molecule has 0 aliphatic carbocycles. The molecule has 4 aromatic heterocycles. The Hall–Kier alpha value is -3.58. The monoisotopic (exact) mass is 461 g/mol. The summed E-state index contributed by atoms with van der Waals surface area (Å²) in [6.07, 6.45) is 3.37. The molecule has 0 aliphatic rings. The summed E-state index contributed by atoms with van der Waals surface area (Å²) in [5, 5.41) is 0.00995. The molecule has 0 atom stereocenters. The Labute approximate surface area is 197 Å². The maximum Gasteiger partial charge on any atom is 0.277 e. The van der Waals surface area contributed by atoms with E-state index in [0.29, 0.717) is 28.5 Å². The molecule has 0 fully saturated rings. The Bertz CT molecular complexity index is 1370. The molecule has 0 saturated carbocycles. The summed E-state index contributed by atoms with van der Waals surface area (Å²) < 4.78 is 7.36. The number of halogens is 1. The van der Waals surface area contributed by atoms with Crippen LogP contribution in [0, 0.1) is 13.8 Å². The van der Waals surface area contributed by atoms with Crippen LogP contribution in [0.4, 0.5) is 0 Å². The molecule has 0 bridgehead atoms. The highest BCUT2D eigenvalue weighted by Crippen LogP contribution is 2.25. The van der Waals surface area contributed by atoms with Crippen LogP contribution in [0.3, 0.4) is 0 Å². The fourth-order valence-corrected chi connectivity index (χ4v) is 3.63. The first kappa shape index (κ1) is 22.6. The average Bonchev–Trinajstić information content (AvgIpc) is 2.81. The highest BCUT2D eigenvalue weighted by Gasteiger charge is 2.15. The largest absolute Gasteiger partial charge is 0.485 e. The standard InChI is InChI=1S/C25H24ClN5O2/c1-15(2)24-28-11-9-20(30-24)21-13-19(8-10-27-21)31-17(4)12-22(23(26)25(31)32)33-14-18-7-5-6-16(3)29-18/h5-13,15H,14H2,1-4H3. The molecule has 0 aromatic carbocycles. The number of nitrogens with zero attached hydrogens (tertiary/aromatic N) is 5. The van der Waals surface area contributed by atoms with E-state index in [1.807, 2.05) is 52.0 Å². The molecule has 168 valence electrons. The van der Waals surface area contributed by atoms with E-state index in [2.05, 4.69) is 19.9 Å². The summed E-state index contributed by atoms with van der Waals surface area (Å²) in [4.78, 5) is 30.9. The van der Waals surface area contributed by atoms with Gasteiger partial charge < -0.3 is 4.74 Å². The second-order valence-electron chi connectivity index (χ2n) is 8.02. The van der Waals surface area contributed by atoms with Crippen molar-refractivity contribution in [3.8, 4) is 22.8 Å². The highest BCUT2D eigenvalue weighted by atomic mass is 35.5. The number of aryl methyl sites for hydroxylation is 2. The normalized spacial score (nSPS) is 11.1. The summed E-state index contributed by atoms with van der Waals surface area (Å²) in [7, 11) is 0. The minimum atomic E-state index is -0.369. The fourth-order valence-electron chi connectivity index (χ4n) is 3.43. The Morgan fingerprint density at radius 1 is 1.00 bits per heavy atom. The van der Waals surface area contributed by atoms with E-state index in [4.69, 9.17) is 16.3 Å². The Balaban J connectivity index is 1.67. The van der Waals surface area contributed by atoms with Gasteiger partial charge in [-0.05, 0) is 44.2 Å². The van der Waals surface area contributed by atoms with E-state index in [-0.39, 0.29) is 23.1 Å². The molecule has 4 heterocycles. The lowest BCUT2D eigenvalue weighted by Gasteiger charge is -2.15. The second-order valence-corrected chi connectivity index (χ2v) is 8.40. The van der Waals surface area contributed by atoms with Crippen LogP contribution < -0.4 is 10.3 Å². The lowest BCUT2D eigenvalue weighted by molar-refractivity contribution is 0.300. The van der Waals surface area contributed by atoms with Gasteiger partial charge in [0.1, 0.15) is 23.2 Å². The zero-order valence-corrected chi connectivity index (χ0v) is 19.7. The van der Waals surface area contributed by atoms with Crippen molar-refractivity contribution in [3.63, 3.8) is 0 Å². The first-order valence-electron chi connectivity index (χ1n) is 10.6. The van der Waals surface area contributed by atoms with Crippen molar-refractivity contribution in [2.45, 2.75) is 40.2 Å². The molecule has 4 rings (SSSR count). The number of pyridine rings is 3. The molecule has 0 unspecified atom stereocenters. The number of aromatic nitrogens is 5. The fraction of sp³-hybridized carbons (Fsp3) is 0.240. The third-order valence-electron chi connectivity index (χ3n) is 5.08. The van der Waals surface area contributed by atoms with Gasteiger partial charge in [0, 0.05) is 35.8 Å². The molecule has 8 heteroatoms. The second kappa shape index (κ2) is 9.50. The third-order valence-corrected chi connectivity index (χ3v) is 5.42. The molecule has 0 aliphatic heterocycles. The Morgan fingerprint density at radius 3 is 2.55 bits per heavy atom. The van der Waals surface area contributed by atoms with Gasteiger partial charge >= 0.3 is 0 Å². The quantitative estimate of drug-likeness (QED) is 0.399. The van der Waals surface area contributed by atoms with Crippen LogP contribution in [0.5, 0.6) is 5.75 Å². The van der Waals surface area contributed by atoms with Crippen LogP contribution >= 0.6 is 11.6 Å². The first-order valence-corrected chi connectivity index (χ1v) is 11.0. The van der Waals surface area contributed by atoms with E-state index >= 15 is 0 Å². The third kappa shape index (κ3) is 4.93. The van der Waals surface area contributed by atoms with E-state index < -0.39 is 0 Å². The van der Waals surface area contributed by atoms with Crippen molar-refractivity contribution in [3.05, 3.63) is 93.1 Å². The maximum atomic E-state index is 13.2. The maximum absolute atomic E-state index is 13.2. The molecule has 0 saturated heterocycles. The number of rotatable bonds is 6. The van der Waals surface area contributed by atoms with E-state index in [1.54, 1.807) is 30.6 Å². The van der Waals surface area contributed by atoms with E-state index in [1.165, 1.54) is 4.57 Å². The molecule has 7 nitrogen and oxygen atoms in total. The molecule has 0 radical (unpaired) electrons. The topological polar surface area (TPSA) is 82.8 Å². The van der Waals surface area contributed by atoms with E-state index in [0.717, 1.165) is 17.2 Å². The Morgan fingerprint density at radius 2 is 1.79 bits per heavy atom. The van der Waals surface area contributed by atoms with Crippen LogP contribution in [-0.4, -0.2) is 24.5 Å². The highest BCUT2D eigenvalue weighted by molar-refractivity contribution is 6.31. The van der Waals surface area contributed by atoms with Crippen LogP contribution in [-0.2, 0) is 6.61 Å². The smallest absolute Gasteiger partial charge is 0.277 e. The van der Waals surface area contributed by atoms with Gasteiger partial charge in [-0.2, -0.15) is 0 Å². The van der Waals surface area contributed by atoms with Crippen molar-refractivity contribution < 1.29 is 4.74 Å². The van der Waals surface area contributed by atoms with Gasteiger partial charge in [-0.1, -0.05) is 31.5 Å². The molecular weight excluding hydrogens is 438 g/mol. The summed E-state index contributed by atoms with van der Waals surface area (Å²) in [6.45, 7) is 8.03. The van der Waals surface area contributed by atoms with E-state index in [9.17, 15) is 4.79 Å². The zero-order valence-electron chi connectivity index (χ0n) is 18.9.